The van der Waals surface area contributed by atoms with Gasteiger partial charge in [0, 0.05) is 17.7 Å². The van der Waals surface area contributed by atoms with Crippen molar-refractivity contribution in [1.29, 1.82) is 0 Å². The maximum absolute atomic E-state index is 12.2. The van der Waals surface area contributed by atoms with E-state index in [1.807, 2.05) is 6.07 Å². The van der Waals surface area contributed by atoms with Gasteiger partial charge in [-0.25, -0.2) is 4.79 Å². The number of carbonyl (C=O) groups excluding carboxylic acids is 1. The molecule has 0 radical (unpaired) electrons. The van der Waals surface area contributed by atoms with Crippen LogP contribution < -0.4 is 23.7 Å². The van der Waals surface area contributed by atoms with E-state index in [4.69, 9.17) is 32.9 Å². The SMILES string of the molecule is COc1ccc(-c2cc(COC(=O)/C=C\c3cc(OC)c(OC)c(OC)c3)no2)cc1OC. The molecule has 9 heteroatoms. The Labute approximate surface area is 191 Å². The lowest BCUT2D eigenvalue weighted by Crippen LogP contribution is -2.01. The molecule has 1 heterocycles. The number of methoxy groups -OCH3 is 5. The minimum Gasteiger partial charge on any atom is -0.493 e. The molecule has 174 valence electrons. The summed E-state index contributed by atoms with van der Waals surface area (Å²) in [5, 5.41) is 3.95. The average Bonchev–Trinajstić information content (AvgIpc) is 3.34. The van der Waals surface area contributed by atoms with Gasteiger partial charge < -0.3 is 32.9 Å². The van der Waals surface area contributed by atoms with Crippen LogP contribution in [0, 0.1) is 0 Å². The fraction of sp³-hybridized carbons (Fsp3) is 0.250. The second kappa shape index (κ2) is 10.9. The van der Waals surface area contributed by atoms with Crippen molar-refractivity contribution in [3.05, 3.63) is 53.7 Å². The molecule has 1 aromatic heterocycles. The Morgan fingerprint density at radius 3 is 2.12 bits per heavy atom. The predicted molar refractivity (Wildman–Crippen MR) is 120 cm³/mol. The summed E-state index contributed by atoms with van der Waals surface area (Å²) in [4.78, 5) is 12.2. The Bertz CT molecular complexity index is 1110. The Balaban J connectivity index is 1.64. The molecule has 0 fully saturated rings. The summed E-state index contributed by atoms with van der Waals surface area (Å²) in [6.07, 6.45) is 2.89. The highest BCUT2D eigenvalue weighted by atomic mass is 16.5. The van der Waals surface area contributed by atoms with Gasteiger partial charge in [-0.2, -0.15) is 0 Å². The Morgan fingerprint density at radius 2 is 1.52 bits per heavy atom. The average molecular weight is 455 g/mol. The van der Waals surface area contributed by atoms with Crippen LogP contribution in [0.2, 0.25) is 0 Å². The predicted octanol–water partition coefficient (Wildman–Crippen LogP) is 4.14. The molecule has 0 aliphatic rings. The van der Waals surface area contributed by atoms with Gasteiger partial charge in [-0.1, -0.05) is 5.16 Å². The third kappa shape index (κ3) is 5.57. The number of nitrogens with zero attached hydrogens (tertiary/aromatic N) is 1. The van der Waals surface area contributed by atoms with Crippen molar-refractivity contribution in [2.24, 2.45) is 0 Å². The minimum atomic E-state index is -0.542. The summed E-state index contributed by atoms with van der Waals surface area (Å²) in [6.45, 7) is -0.0464. The van der Waals surface area contributed by atoms with Crippen molar-refractivity contribution < 1.29 is 37.7 Å². The lowest BCUT2D eigenvalue weighted by Gasteiger charge is -2.12. The first-order valence-electron chi connectivity index (χ1n) is 9.85. The first kappa shape index (κ1) is 23.5. The van der Waals surface area contributed by atoms with Crippen LogP contribution in [0.3, 0.4) is 0 Å². The summed E-state index contributed by atoms with van der Waals surface area (Å²) in [5.74, 6) is 2.57. The van der Waals surface area contributed by atoms with Crippen LogP contribution in [0.25, 0.3) is 17.4 Å². The van der Waals surface area contributed by atoms with Crippen LogP contribution >= 0.6 is 0 Å². The van der Waals surface area contributed by atoms with Crippen molar-refractivity contribution in [3.63, 3.8) is 0 Å². The van der Waals surface area contributed by atoms with E-state index < -0.39 is 5.97 Å². The van der Waals surface area contributed by atoms with Crippen LogP contribution in [0.15, 0.2) is 47.0 Å². The zero-order valence-corrected chi connectivity index (χ0v) is 19.0. The summed E-state index contributed by atoms with van der Waals surface area (Å²) in [5.41, 5.74) is 1.90. The molecule has 0 amide bonds. The monoisotopic (exact) mass is 455 g/mol. The number of rotatable bonds is 10. The van der Waals surface area contributed by atoms with Gasteiger partial charge in [-0.15, -0.1) is 0 Å². The van der Waals surface area contributed by atoms with Gasteiger partial charge in [-0.05, 0) is 42.0 Å². The third-order valence-corrected chi connectivity index (χ3v) is 4.69. The van der Waals surface area contributed by atoms with Crippen molar-refractivity contribution in [1.82, 2.24) is 5.16 Å². The molecule has 33 heavy (non-hydrogen) atoms. The van der Waals surface area contributed by atoms with E-state index in [2.05, 4.69) is 5.16 Å². The summed E-state index contributed by atoms with van der Waals surface area (Å²) < 4.78 is 37.1. The van der Waals surface area contributed by atoms with Crippen LogP contribution in [0.5, 0.6) is 28.7 Å². The van der Waals surface area contributed by atoms with E-state index in [1.165, 1.54) is 27.4 Å². The maximum Gasteiger partial charge on any atom is 0.331 e. The van der Waals surface area contributed by atoms with E-state index in [0.29, 0.717) is 45.8 Å². The number of carbonyl (C=O) groups is 1. The fourth-order valence-corrected chi connectivity index (χ4v) is 3.06. The van der Waals surface area contributed by atoms with E-state index in [-0.39, 0.29) is 6.61 Å². The molecular formula is C24H25NO8. The van der Waals surface area contributed by atoms with E-state index in [0.717, 1.165) is 5.56 Å². The van der Waals surface area contributed by atoms with Crippen molar-refractivity contribution >= 4 is 12.0 Å². The molecule has 0 atom stereocenters. The lowest BCUT2D eigenvalue weighted by molar-refractivity contribution is -0.139. The molecule has 0 spiro atoms. The molecule has 0 aliphatic heterocycles. The van der Waals surface area contributed by atoms with E-state index in [1.54, 1.807) is 50.6 Å². The number of benzene rings is 2. The van der Waals surface area contributed by atoms with Gasteiger partial charge in [0.05, 0.1) is 35.5 Å². The summed E-state index contributed by atoms with van der Waals surface area (Å²) >= 11 is 0. The largest absolute Gasteiger partial charge is 0.493 e. The highest BCUT2D eigenvalue weighted by Crippen LogP contribution is 2.38. The molecular weight excluding hydrogens is 430 g/mol. The molecule has 0 bridgehead atoms. The Morgan fingerprint density at radius 1 is 0.848 bits per heavy atom. The third-order valence-electron chi connectivity index (χ3n) is 4.69. The fourth-order valence-electron chi connectivity index (χ4n) is 3.06. The Kier molecular flexibility index (Phi) is 7.80. The van der Waals surface area contributed by atoms with Gasteiger partial charge in [0.2, 0.25) is 5.75 Å². The van der Waals surface area contributed by atoms with Gasteiger partial charge in [-0.3, -0.25) is 0 Å². The first-order chi connectivity index (χ1) is 16.0. The number of esters is 1. The molecule has 9 nitrogen and oxygen atoms in total. The van der Waals surface area contributed by atoms with Gasteiger partial charge in [0.15, 0.2) is 28.8 Å². The lowest BCUT2D eigenvalue weighted by atomic mass is 10.1. The van der Waals surface area contributed by atoms with Gasteiger partial charge in [0.1, 0.15) is 12.3 Å². The second-order valence-electron chi connectivity index (χ2n) is 6.65. The molecule has 0 aliphatic carbocycles. The molecule has 2 aromatic carbocycles. The first-order valence-corrected chi connectivity index (χ1v) is 9.85. The van der Waals surface area contributed by atoms with Crippen LogP contribution in [0.4, 0.5) is 0 Å². The van der Waals surface area contributed by atoms with Crippen molar-refractivity contribution in [2.75, 3.05) is 35.5 Å². The van der Waals surface area contributed by atoms with Gasteiger partial charge in [0.25, 0.3) is 0 Å². The number of aromatic nitrogens is 1. The molecule has 0 N–H and O–H groups in total. The second-order valence-corrected chi connectivity index (χ2v) is 6.65. The number of ether oxygens (including phenoxy) is 6. The van der Waals surface area contributed by atoms with Gasteiger partial charge >= 0.3 is 5.97 Å². The van der Waals surface area contributed by atoms with Crippen LogP contribution in [-0.4, -0.2) is 46.7 Å². The zero-order valence-electron chi connectivity index (χ0n) is 19.0. The van der Waals surface area contributed by atoms with E-state index >= 15 is 0 Å². The maximum atomic E-state index is 12.2. The number of hydrogen-bond acceptors (Lipinski definition) is 9. The van der Waals surface area contributed by atoms with Crippen LogP contribution in [0.1, 0.15) is 11.3 Å². The minimum absolute atomic E-state index is 0.0464. The molecule has 0 saturated carbocycles. The summed E-state index contributed by atoms with van der Waals surface area (Å²) in [7, 11) is 7.68. The highest BCUT2D eigenvalue weighted by Gasteiger charge is 2.13. The number of hydrogen-bond donors (Lipinski definition) is 0. The molecule has 3 aromatic rings. The normalized spacial score (nSPS) is 10.7. The summed E-state index contributed by atoms with van der Waals surface area (Å²) in [6, 6.07) is 10.5. The molecule has 3 rings (SSSR count). The van der Waals surface area contributed by atoms with E-state index in [9.17, 15) is 4.79 Å². The Hall–Kier alpha value is -4.14. The van der Waals surface area contributed by atoms with Crippen molar-refractivity contribution in [3.8, 4) is 40.1 Å². The highest BCUT2D eigenvalue weighted by molar-refractivity contribution is 5.87. The molecule has 0 saturated heterocycles. The molecule has 0 unspecified atom stereocenters. The zero-order chi connectivity index (χ0) is 23.8. The quantitative estimate of drug-likeness (QED) is 0.330. The topological polar surface area (TPSA) is 98.5 Å². The smallest absolute Gasteiger partial charge is 0.331 e. The van der Waals surface area contributed by atoms with Crippen LogP contribution in [-0.2, 0) is 16.1 Å². The standard InChI is InChI=1S/C24H25NO8/c1-27-18-8-7-16(12-20(18)28-2)19-13-17(25-33-19)14-32-23(26)9-6-15-10-21(29-3)24(31-5)22(11-15)30-4/h6-13H,14H2,1-5H3/b9-6-. The van der Waals surface area contributed by atoms with Crippen molar-refractivity contribution in [2.45, 2.75) is 6.61 Å².